The highest BCUT2D eigenvalue weighted by atomic mass is 19.1. The van der Waals surface area contributed by atoms with Gasteiger partial charge in [-0.15, -0.1) is 0 Å². The molecule has 1 heterocycles. The molecule has 0 bridgehead atoms. The second kappa shape index (κ2) is 8.58. The zero-order chi connectivity index (χ0) is 12.4. The van der Waals surface area contributed by atoms with Crippen molar-refractivity contribution in [1.29, 1.82) is 0 Å². The monoisotopic (exact) mass is 230 g/mol. The Morgan fingerprint density at radius 1 is 1.44 bits per heavy atom. The second-order valence-corrected chi connectivity index (χ2v) is 2.44. The van der Waals surface area contributed by atoms with E-state index >= 15 is 0 Å². The summed E-state index contributed by atoms with van der Waals surface area (Å²) in [4.78, 5) is 17.6. The van der Waals surface area contributed by atoms with Crippen molar-refractivity contribution in [2.75, 3.05) is 13.3 Å². The fourth-order valence-electron chi connectivity index (χ4n) is 0.732. The second-order valence-electron chi connectivity index (χ2n) is 2.44. The van der Waals surface area contributed by atoms with Crippen molar-refractivity contribution in [2.45, 2.75) is 20.3 Å². The van der Waals surface area contributed by atoms with Crippen molar-refractivity contribution in [3.05, 3.63) is 18.1 Å². The van der Waals surface area contributed by atoms with E-state index in [2.05, 4.69) is 9.97 Å². The molecule has 0 saturated heterocycles. The van der Waals surface area contributed by atoms with Gasteiger partial charge in [-0.3, -0.25) is 4.39 Å². The Morgan fingerprint density at radius 3 is 2.56 bits per heavy atom. The van der Waals surface area contributed by atoms with Crippen LogP contribution in [0.3, 0.4) is 0 Å². The van der Waals surface area contributed by atoms with Gasteiger partial charge < -0.3 is 9.84 Å². The largest absolute Gasteiger partial charge is 0.476 e. The molecule has 0 aliphatic rings. The number of aromatic nitrogens is 2. The van der Waals surface area contributed by atoms with E-state index < -0.39 is 12.6 Å². The highest BCUT2D eigenvalue weighted by molar-refractivity contribution is 5.84. The molecule has 0 fully saturated rings. The number of aromatic carboxylic acids is 1. The van der Waals surface area contributed by atoms with Gasteiger partial charge in [0.15, 0.2) is 5.69 Å². The molecule has 0 aliphatic heterocycles. The lowest BCUT2D eigenvalue weighted by Crippen LogP contribution is -2.04. The topological polar surface area (TPSA) is 72.3 Å². The smallest absolute Gasteiger partial charge is 0.356 e. The molecule has 0 spiro atoms. The highest BCUT2D eigenvalue weighted by Crippen LogP contribution is 2.04. The van der Waals surface area contributed by atoms with Crippen LogP contribution < -0.4 is 4.74 Å². The molecule has 0 unspecified atom stereocenters. The van der Waals surface area contributed by atoms with Crippen molar-refractivity contribution in [3.8, 4) is 5.88 Å². The molecule has 5 nitrogen and oxygen atoms in total. The third-order valence-electron chi connectivity index (χ3n) is 1.38. The summed E-state index contributed by atoms with van der Waals surface area (Å²) in [7, 11) is 0. The van der Waals surface area contributed by atoms with E-state index in [1.807, 2.05) is 13.8 Å². The fourth-order valence-corrected chi connectivity index (χ4v) is 0.732. The summed E-state index contributed by atoms with van der Waals surface area (Å²) in [6.45, 7) is 3.75. The van der Waals surface area contributed by atoms with Crippen LogP contribution in [0.2, 0.25) is 0 Å². The molecule has 1 aromatic heterocycles. The maximum Gasteiger partial charge on any atom is 0.356 e. The summed E-state index contributed by atoms with van der Waals surface area (Å²) in [6, 6.07) is 0. The van der Waals surface area contributed by atoms with Crippen LogP contribution in [0.1, 0.15) is 30.8 Å². The third kappa shape index (κ3) is 5.23. The molecular formula is C10H15FN2O3. The summed E-state index contributed by atoms with van der Waals surface area (Å²) in [5.74, 6) is -0.948. The molecule has 1 rings (SSSR count). The molecule has 16 heavy (non-hydrogen) atoms. The van der Waals surface area contributed by atoms with Crippen molar-refractivity contribution < 1.29 is 19.0 Å². The predicted molar refractivity (Wildman–Crippen MR) is 56.4 cm³/mol. The van der Waals surface area contributed by atoms with Gasteiger partial charge in [0.25, 0.3) is 0 Å². The lowest BCUT2D eigenvalue weighted by atomic mass is 10.4. The molecule has 1 aromatic rings. The number of carboxylic acids is 1. The Labute approximate surface area is 93.3 Å². The maximum atomic E-state index is 11.7. The molecule has 0 saturated carbocycles. The molecule has 90 valence electrons. The minimum atomic E-state index is -1.15. The summed E-state index contributed by atoms with van der Waals surface area (Å²) >= 11 is 0. The van der Waals surface area contributed by atoms with E-state index in [1.54, 1.807) is 0 Å². The summed E-state index contributed by atoms with van der Waals surface area (Å²) in [5, 5.41) is 8.50. The van der Waals surface area contributed by atoms with Gasteiger partial charge in [-0.2, -0.15) is 0 Å². The molecule has 0 amide bonds. The Balaban J connectivity index is 0.00000106. The first-order valence-electron chi connectivity index (χ1n) is 4.98. The summed E-state index contributed by atoms with van der Waals surface area (Å²) in [6.07, 6.45) is 2.57. The van der Waals surface area contributed by atoms with Crippen LogP contribution in [0.15, 0.2) is 12.4 Å². The standard InChI is InChI=1S/C8H9FN2O3.C2H6/c9-2-1-3-14-7-5-10-6(4-11-7)8(12)13;1-2/h4-5H,1-3H2,(H,12,13);1-2H3. The van der Waals surface area contributed by atoms with E-state index in [1.165, 1.54) is 6.20 Å². The number of nitrogens with zero attached hydrogens (tertiary/aromatic N) is 2. The quantitative estimate of drug-likeness (QED) is 0.782. The van der Waals surface area contributed by atoms with Crippen LogP contribution in [0.5, 0.6) is 5.88 Å². The number of rotatable bonds is 5. The molecular weight excluding hydrogens is 215 g/mol. The lowest BCUT2D eigenvalue weighted by Gasteiger charge is -2.02. The van der Waals surface area contributed by atoms with E-state index in [0.29, 0.717) is 0 Å². The van der Waals surface area contributed by atoms with Crippen molar-refractivity contribution in [2.24, 2.45) is 0 Å². The van der Waals surface area contributed by atoms with Crippen molar-refractivity contribution in [1.82, 2.24) is 9.97 Å². The first kappa shape index (κ1) is 14.3. The van der Waals surface area contributed by atoms with Crippen LogP contribution >= 0.6 is 0 Å². The Bertz CT molecular complexity index is 303. The Hall–Kier alpha value is -1.72. The predicted octanol–water partition coefficient (Wildman–Crippen LogP) is 1.94. The fraction of sp³-hybridized carbons (Fsp3) is 0.500. The minimum absolute atomic E-state index is 0.150. The minimum Gasteiger partial charge on any atom is -0.476 e. The molecule has 0 radical (unpaired) electrons. The number of hydrogen-bond acceptors (Lipinski definition) is 4. The van der Waals surface area contributed by atoms with Crippen LogP contribution in [-0.4, -0.2) is 34.3 Å². The number of carbonyl (C=O) groups is 1. The number of halogens is 1. The zero-order valence-electron chi connectivity index (χ0n) is 9.31. The van der Waals surface area contributed by atoms with Gasteiger partial charge in [0.2, 0.25) is 5.88 Å². The Kier molecular flexibility index (Phi) is 7.66. The van der Waals surface area contributed by atoms with Gasteiger partial charge in [-0.25, -0.2) is 14.8 Å². The normalized spacial score (nSPS) is 8.94. The number of hydrogen-bond donors (Lipinski definition) is 1. The first-order chi connectivity index (χ1) is 7.74. The lowest BCUT2D eigenvalue weighted by molar-refractivity contribution is 0.0690. The van der Waals surface area contributed by atoms with Gasteiger partial charge in [0.05, 0.1) is 25.7 Å². The van der Waals surface area contributed by atoms with Gasteiger partial charge in [0, 0.05) is 6.42 Å². The van der Waals surface area contributed by atoms with Crippen LogP contribution in [0, 0.1) is 0 Å². The van der Waals surface area contributed by atoms with E-state index in [-0.39, 0.29) is 24.6 Å². The summed E-state index contributed by atoms with van der Waals surface area (Å²) < 4.78 is 16.6. The molecule has 0 aromatic carbocycles. The maximum absolute atomic E-state index is 11.7. The average molecular weight is 230 g/mol. The number of alkyl halides is 1. The van der Waals surface area contributed by atoms with Gasteiger partial charge >= 0.3 is 5.97 Å². The average Bonchev–Trinajstić information content (AvgIpc) is 2.33. The van der Waals surface area contributed by atoms with E-state index in [0.717, 1.165) is 6.20 Å². The molecule has 1 N–H and O–H groups in total. The van der Waals surface area contributed by atoms with Crippen LogP contribution in [0.4, 0.5) is 4.39 Å². The van der Waals surface area contributed by atoms with Gasteiger partial charge in [-0.05, 0) is 0 Å². The number of ether oxygens (including phenoxy) is 1. The first-order valence-corrected chi connectivity index (χ1v) is 4.98. The van der Waals surface area contributed by atoms with Gasteiger partial charge in [-0.1, -0.05) is 13.8 Å². The van der Waals surface area contributed by atoms with E-state index in [9.17, 15) is 9.18 Å². The van der Waals surface area contributed by atoms with Gasteiger partial charge in [0.1, 0.15) is 0 Å². The third-order valence-corrected chi connectivity index (χ3v) is 1.38. The zero-order valence-corrected chi connectivity index (χ0v) is 9.31. The number of carboxylic acid groups (broad SMARTS) is 1. The molecule has 6 heteroatoms. The highest BCUT2D eigenvalue weighted by Gasteiger charge is 2.04. The van der Waals surface area contributed by atoms with E-state index in [4.69, 9.17) is 9.84 Å². The molecule has 0 aliphatic carbocycles. The summed E-state index contributed by atoms with van der Waals surface area (Å²) in [5.41, 5.74) is -0.150. The SMILES string of the molecule is CC.O=C(O)c1cnc(OCCCF)cn1. The van der Waals surface area contributed by atoms with Crippen molar-refractivity contribution in [3.63, 3.8) is 0 Å². The Morgan fingerprint density at radius 2 is 2.12 bits per heavy atom. The molecule has 0 atom stereocenters. The van der Waals surface area contributed by atoms with Crippen LogP contribution in [0.25, 0.3) is 0 Å². The van der Waals surface area contributed by atoms with Crippen molar-refractivity contribution >= 4 is 5.97 Å². The van der Waals surface area contributed by atoms with Crippen LogP contribution in [-0.2, 0) is 0 Å².